The molecule has 6 nitrogen and oxygen atoms in total. The van der Waals surface area contributed by atoms with E-state index in [1.165, 1.54) is 18.3 Å². The number of thiazole rings is 1. The van der Waals surface area contributed by atoms with Gasteiger partial charge in [-0.05, 0) is 36.8 Å². The van der Waals surface area contributed by atoms with Gasteiger partial charge in [-0.1, -0.05) is 31.1 Å². The summed E-state index contributed by atoms with van der Waals surface area (Å²) in [7, 11) is 0. The molecule has 1 aromatic carbocycles. The van der Waals surface area contributed by atoms with Gasteiger partial charge in [0.05, 0.1) is 10.2 Å². The van der Waals surface area contributed by atoms with Crippen LogP contribution in [0.5, 0.6) is 0 Å². The zero-order valence-corrected chi connectivity index (χ0v) is 15.3. The Morgan fingerprint density at radius 3 is 2.75 bits per heavy atom. The standard InChI is InChI=1S/C16H20N4O2S2/c1-3-4-5-6-14(22)19-15(23)20-16-18-12-8-7-11(17-10(2)21)9-13(12)24-16/h7-9H,3-6H2,1-2H3,(H,17,21)(H2,18,19,20,22,23). The van der Waals surface area contributed by atoms with Gasteiger partial charge in [0.1, 0.15) is 0 Å². The van der Waals surface area contributed by atoms with Gasteiger partial charge in [-0.25, -0.2) is 4.98 Å². The van der Waals surface area contributed by atoms with Gasteiger partial charge in [-0.2, -0.15) is 0 Å². The van der Waals surface area contributed by atoms with Crippen LogP contribution < -0.4 is 16.0 Å². The predicted octanol–water partition coefficient (Wildman–Crippen LogP) is 3.65. The number of amides is 2. The van der Waals surface area contributed by atoms with E-state index < -0.39 is 0 Å². The molecule has 128 valence electrons. The topological polar surface area (TPSA) is 83.1 Å². The summed E-state index contributed by atoms with van der Waals surface area (Å²) >= 11 is 6.55. The van der Waals surface area contributed by atoms with Gasteiger partial charge >= 0.3 is 0 Å². The summed E-state index contributed by atoms with van der Waals surface area (Å²) in [6.45, 7) is 3.56. The number of hydrogen-bond acceptors (Lipinski definition) is 5. The zero-order valence-electron chi connectivity index (χ0n) is 13.6. The van der Waals surface area contributed by atoms with Crippen molar-refractivity contribution in [2.24, 2.45) is 0 Å². The molecule has 1 aromatic heterocycles. The van der Waals surface area contributed by atoms with Crippen LogP contribution in [0.15, 0.2) is 18.2 Å². The van der Waals surface area contributed by atoms with Crippen LogP contribution in [-0.2, 0) is 9.59 Å². The molecule has 0 aliphatic carbocycles. The average molecular weight is 364 g/mol. The van der Waals surface area contributed by atoms with Crippen molar-refractivity contribution in [1.82, 2.24) is 10.3 Å². The van der Waals surface area contributed by atoms with Crippen molar-refractivity contribution in [2.45, 2.75) is 39.5 Å². The third kappa shape index (κ3) is 5.54. The number of benzene rings is 1. The highest BCUT2D eigenvalue weighted by molar-refractivity contribution is 7.80. The number of aromatic nitrogens is 1. The minimum atomic E-state index is -0.121. The second kappa shape index (κ2) is 8.70. The van der Waals surface area contributed by atoms with Crippen molar-refractivity contribution in [3.63, 3.8) is 0 Å². The second-order valence-electron chi connectivity index (χ2n) is 5.34. The highest BCUT2D eigenvalue weighted by atomic mass is 32.1. The number of unbranched alkanes of at least 4 members (excludes halogenated alkanes) is 2. The molecule has 0 spiro atoms. The normalized spacial score (nSPS) is 10.4. The molecule has 0 atom stereocenters. The monoisotopic (exact) mass is 364 g/mol. The summed E-state index contributed by atoms with van der Waals surface area (Å²) in [6.07, 6.45) is 3.43. The molecule has 8 heteroatoms. The molecule has 1 heterocycles. The molecule has 3 N–H and O–H groups in total. The quantitative estimate of drug-likeness (QED) is 0.538. The van der Waals surface area contributed by atoms with Crippen molar-refractivity contribution >= 4 is 61.5 Å². The number of anilines is 2. The SMILES string of the molecule is CCCCCC(=O)NC(=S)Nc1nc2ccc(NC(C)=O)cc2s1. The highest BCUT2D eigenvalue weighted by Crippen LogP contribution is 2.28. The molecule has 0 bridgehead atoms. The first kappa shape index (κ1) is 18.3. The molecular weight excluding hydrogens is 344 g/mol. The van der Waals surface area contributed by atoms with Gasteiger partial charge in [-0.3, -0.25) is 9.59 Å². The van der Waals surface area contributed by atoms with Gasteiger partial charge in [0.15, 0.2) is 10.2 Å². The van der Waals surface area contributed by atoms with E-state index in [2.05, 4.69) is 27.9 Å². The molecule has 2 aromatic rings. The molecule has 2 rings (SSSR count). The lowest BCUT2D eigenvalue weighted by Gasteiger charge is -2.06. The number of nitrogens with zero attached hydrogens (tertiary/aromatic N) is 1. The second-order valence-corrected chi connectivity index (χ2v) is 6.78. The lowest BCUT2D eigenvalue weighted by atomic mass is 10.2. The van der Waals surface area contributed by atoms with E-state index in [1.54, 1.807) is 6.07 Å². The van der Waals surface area contributed by atoms with Crippen molar-refractivity contribution < 1.29 is 9.59 Å². The smallest absolute Gasteiger partial charge is 0.226 e. The fraction of sp³-hybridized carbons (Fsp3) is 0.375. The molecule has 0 fully saturated rings. The van der Waals surface area contributed by atoms with E-state index in [4.69, 9.17) is 12.2 Å². The van der Waals surface area contributed by atoms with E-state index in [0.29, 0.717) is 11.6 Å². The zero-order chi connectivity index (χ0) is 17.5. The maximum Gasteiger partial charge on any atom is 0.226 e. The Kier molecular flexibility index (Phi) is 6.62. The van der Waals surface area contributed by atoms with Crippen LogP contribution in [-0.4, -0.2) is 21.9 Å². The summed E-state index contributed by atoms with van der Waals surface area (Å²) in [5.74, 6) is -0.209. The number of rotatable bonds is 6. The minimum absolute atomic E-state index is 0.0880. The van der Waals surface area contributed by atoms with Gasteiger partial charge in [-0.15, -0.1) is 0 Å². The number of nitrogens with one attached hydrogen (secondary N) is 3. The lowest BCUT2D eigenvalue weighted by molar-refractivity contribution is -0.119. The molecule has 0 unspecified atom stereocenters. The number of hydrogen-bond donors (Lipinski definition) is 3. The van der Waals surface area contributed by atoms with E-state index in [-0.39, 0.29) is 16.9 Å². The highest BCUT2D eigenvalue weighted by Gasteiger charge is 2.09. The van der Waals surface area contributed by atoms with Crippen LogP contribution in [0.3, 0.4) is 0 Å². The molecular formula is C16H20N4O2S2. The van der Waals surface area contributed by atoms with Gasteiger partial charge in [0.25, 0.3) is 0 Å². The fourth-order valence-electron chi connectivity index (χ4n) is 2.11. The molecule has 0 saturated heterocycles. The molecule has 0 radical (unpaired) electrons. The molecule has 2 amide bonds. The van der Waals surface area contributed by atoms with Crippen molar-refractivity contribution in [1.29, 1.82) is 0 Å². The summed E-state index contributed by atoms with van der Waals surface area (Å²) in [6, 6.07) is 5.47. The third-order valence-corrected chi connectivity index (χ3v) is 4.33. The molecule has 0 aliphatic heterocycles. The number of thiocarbonyl (C=S) groups is 1. The Labute approximate surface area is 150 Å². The van der Waals surface area contributed by atoms with Crippen LogP contribution in [0.2, 0.25) is 0 Å². The molecule has 0 aliphatic rings. The summed E-state index contributed by atoms with van der Waals surface area (Å²) in [5, 5.41) is 9.18. The lowest BCUT2D eigenvalue weighted by Crippen LogP contribution is -2.33. The predicted molar refractivity (Wildman–Crippen MR) is 102 cm³/mol. The Morgan fingerprint density at radius 1 is 1.25 bits per heavy atom. The van der Waals surface area contributed by atoms with Crippen molar-refractivity contribution in [3.05, 3.63) is 18.2 Å². The van der Waals surface area contributed by atoms with Crippen LogP contribution in [0.1, 0.15) is 39.5 Å². The van der Waals surface area contributed by atoms with Gasteiger partial charge in [0, 0.05) is 19.0 Å². The first-order chi connectivity index (χ1) is 11.5. The largest absolute Gasteiger partial charge is 0.326 e. The number of carbonyl (C=O) groups is 2. The first-order valence-electron chi connectivity index (χ1n) is 7.77. The van der Waals surface area contributed by atoms with E-state index in [1.807, 2.05) is 12.1 Å². The molecule has 0 saturated carbocycles. The van der Waals surface area contributed by atoms with Crippen LogP contribution in [0.25, 0.3) is 10.2 Å². The Hall–Kier alpha value is -2.06. The minimum Gasteiger partial charge on any atom is -0.326 e. The third-order valence-electron chi connectivity index (χ3n) is 3.19. The number of carbonyl (C=O) groups excluding carboxylic acids is 2. The average Bonchev–Trinajstić information content (AvgIpc) is 2.87. The van der Waals surface area contributed by atoms with Crippen molar-refractivity contribution in [2.75, 3.05) is 10.6 Å². The van der Waals surface area contributed by atoms with E-state index >= 15 is 0 Å². The summed E-state index contributed by atoms with van der Waals surface area (Å²) in [4.78, 5) is 27.3. The number of fused-ring (bicyclic) bond motifs is 1. The van der Waals surface area contributed by atoms with Crippen LogP contribution in [0.4, 0.5) is 10.8 Å². The Morgan fingerprint density at radius 2 is 2.04 bits per heavy atom. The Bertz CT molecular complexity index is 758. The van der Waals surface area contributed by atoms with Gasteiger partial charge < -0.3 is 16.0 Å². The van der Waals surface area contributed by atoms with Crippen LogP contribution in [0, 0.1) is 0 Å². The van der Waals surface area contributed by atoms with Gasteiger partial charge in [0.2, 0.25) is 11.8 Å². The first-order valence-corrected chi connectivity index (χ1v) is 8.99. The van der Waals surface area contributed by atoms with Crippen molar-refractivity contribution in [3.8, 4) is 0 Å². The maximum absolute atomic E-state index is 11.7. The molecule has 24 heavy (non-hydrogen) atoms. The summed E-state index contributed by atoms with van der Waals surface area (Å²) < 4.78 is 0.917. The van der Waals surface area contributed by atoms with Crippen LogP contribution >= 0.6 is 23.6 Å². The fourth-order valence-corrected chi connectivity index (χ4v) is 3.30. The Balaban J connectivity index is 1.95. The van der Waals surface area contributed by atoms with E-state index in [9.17, 15) is 9.59 Å². The summed E-state index contributed by atoms with van der Waals surface area (Å²) in [5.41, 5.74) is 1.52. The van der Waals surface area contributed by atoms with E-state index in [0.717, 1.165) is 35.2 Å². The maximum atomic E-state index is 11.7.